The number of nitrogens with zero attached hydrogens (tertiary/aromatic N) is 2. The van der Waals surface area contributed by atoms with Crippen LogP contribution < -0.4 is 10.7 Å². The van der Waals surface area contributed by atoms with Crippen molar-refractivity contribution in [2.75, 3.05) is 13.1 Å². The third kappa shape index (κ3) is 3.33. The molecule has 1 fully saturated rings. The number of benzene rings is 2. The van der Waals surface area contributed by atoms with Crippen LogP contribution in [0.2, 0.25) is 0 Å². The van der Waals surface area contributed by atoms with Crippen molar-refractivity contribution in [2.24, 2.45) is 0 Å². The number of fused-ring (bicyclic) bond motifs is 2. The number of para-hydroxylation sites is 2. The second kappa shape index (κ2) is 7.71. The molecule has 1 N–H and O–H groups in total. The third-order valence-corrected chi connectivity index (χ3v) is 5.53. The highest BCUT2D eigenvalue weighted by molar-refractivity contribution is 5.94. The zero-order valence-corrected chi connectivity index (χ0v) is 16.3. The highest BCUT2D eigenvalue weighted by Crippen LogP contribution is 2.20. The van der Waals surface area contributed by atoms with E-state index >= 15 is 0 Å². The summed E-state index contributed by atoms with van der Waals surface area (Å²) in [5.74, 6) is 0.0878. The number of aromatic nitrogens is 1. The average Bonchev–Trinajstić information content (AvgIpc) is 2.67. The number of piperazine rings is 1. The van der Waals surface area contributed by atoms with E-state index in [1.165, 1.54) is 0 Å². The summed E-state index contributed by atoms with van der Waals surface area (Å²) in [6.07, 6.45) is 0. The summed E-state index contributed by atoms with van der Waals surface area (Å²) in [4.78, 5) is 27.8. The Morgan fingerprint density at radius 2 is 1.59 bits per heavy atom. The minimum Gasteiger partial charge on any atom is -0.336 e. The van der Waals surface area contributed by atoms with Crippen LogP contribution in [0.25, 0.3) is 21.8 Å². The van der Waals surface area contributed by atoms with Gasteiger partial charge in [-0.2, -0.15) is 0 Å². The van der Waals surface area contributed by atoms with Crippen LogP contribution in [0.3, 0.4) is 0 Å². The summed E-state index contributed by atoms with van der Waals surface area (Å²) in [5, 5.41) is 4.71. The minimum atomic E-state index is 0. The van der Waals surface area contributed by atoms with Gasteiger partial charge in [0.15, 0.2) is 5.43 Å². The zero-order valence-electron chi connectivity index (χ0n) is 15.5. The van der Waals surface area contributed by atoms with Crippen LogP contribution in [-0.4, -0.2) is 40.5 Å². The fourth-order valence-corrected chi connectivity index (χ4v) is 3.88. The van der Waals surface area contributed by atoms with E-state index in [1.54, 1.807) is 0 Å². The average molecular weight is 386 g/mol. The van der Waals surface area contributed by atoms with Crippen molar-refractivity contribution >= 4 is 40.1 Å². The molecule has 2 unspecified atom stereocenters. The summed E-state index contributed by atoms with van der Waals surface area (Å²) < 4.78 is 1.98. The second-order valence-electron chi connectivity index (χ2n) is 7.02. The van der Waals surface area contributed by atoms with Crippen LogP contribution in [0, 0.1) is 0 Å². The van der Waals surface area contributed by atoms with Crippen LogP contribution in [0.5, 0.6) is 0 Å². The molecule has 5 nitrogen and oxygen atoms in total. The molecule has 0 aliphatic carbocycles. The molecule has 6 heteroatoms. The zero-order chi connectivity index (χ0) is 18.3. The molecule has 142 valence electrons. The van der Waals surface area contributed by atoms with Gasteiger partial charge in [-0.3, -0.25) is 9.59 Å². The molecule has 2 heterocycles. The molecule has 1 aromatic heterocycles. The number of amides is 1. The number of hydrogen-bond donors (Lipinski definition) is 1. The number of pyridine rings is 1. The molecule has 3 aromatic rings. The monoisotopic (exact) mass is 385 g/mol. The molecule has 0 bridgehead atoms. The van der Waals surface area contributed by atoms with Crippen LogP contribution in [0.15, 0.2) is 53.3 Å². The quantitative estimate of drug-likeness (QED) is 0.690. The fraction of sp³-hybridized carbons (Fsp3) is 0.333. The first-order valence-corrected chi connectivity index (χ1v) is 9.11. The molecule has 2 aromatic carbocycles. The second-order valence-corrected chi connectivity index (χ2v) is 7.02. The van der Waals surface area contributed by atoms with E-state index in [1.807, 2.05) is 58.0 Å². The van der Waals surface area contributed by atoms with Crippen molar-refractivity contribution < 1.29 is 4.79 Å². The topological polar surface area (TPSA) is 54.3 Å². The Hall–Kier alpha value is -2.37. The van der Waals surface area contributed by atoms with Crippen LogP contribution in [0.4, 0.5) is 0 Å². The standard InChI is InChI=1S/C21H23N3O2.ClH/c1-14-15(2)23(12-11-22-14)20(25)13-24-18-9-5-3-7-16(18)21(26)17-8-4-6-10-19(17)24;/h3-10,14-15,22H,11-13H2,1-2H3;1H. The lowest BCUT2D eigenvalue weighted by molar-refractivity contribution is -0.135. The molecule has 1 amide bonds. The Labute approximate surface area is 164 Å². The van der Waals surface area contributed by atoms with E-state index in [0.717, 1.165) is 17.6 Å². The maximum absolute atomic E-state index is 13.1. The van der Waals surface area contributed by atoms with Gasteiger partial charge in [0, 0.05) is 35.9 Å². The Bertz CT molecular complexity index is 986. The fourth-order valence-electron chi connectivity index (χ4n) is 3.88. The number of nitrogens with one attached hydrogen (secondary N) is 1. The lowest BCUT2D eigenvalue weighted by Gasteiger charge is -2.39. The largest absolute Gasteiger partial charge is 0.336 e. The van der Waals surface area contributed by atoms with E-state index < -0.39 is 0 Å². The van der Waals surface area contributed by atoms with Gasteiger partial charge in [-0.15, -0.1) is 12.4 Å². The highest BCUT2D eigenvalue weighted by atomic mass is 35.5. The molecular weight excluding hydrogens is 362 g/mol. The number of carbonyl (C=O) groups excluding carboxylic acids is 1. The molecule has 1 aliphatic rings. The number of hydrogen-bond acceptors (Lipinski definition) is 3. The van der Waals surface area contributed by atoms with Gasteiger partial charge in [0.2, 0.25) is 5.91 Å². The first kappa shape index (κ1) is 19.4. The van der Waals surface area contributed by atoms with Gasteiger partial charge >= 0.3 is 0 Å². The van der Waals surface area contributed by atoms with Crippen molar-refractivity contribution in [1.82, 2.24) is 14.8 Å². The van der Waals surface area contributed by atoms with Crippen molar-refractivity contribution in [3.8, 4) is 0 Å². The number of carbonyl (C=O) groups is 1. The SMILES string of the molecule is CC1NCCN(C(=O)Cn2c3ccccc3c(=O)c3ccccc32)C1C.Cl. The Balaban J connectivity index is 0.00000210. The van der Waals surface area contributed by atoms with Gasteiger partial charge in [-0.05, 0) is 38.1 Å². The van der Waals surface area contributed by atoms with Crippen molar-refractivity contribution in [3.63, 3.8) is 0 Å². The highest BCUT2D eigenvalue weighted by Gasteiger charge is 2.28. The smallest absolute Gasteiger partial charge is 0.242 e. The van der Waals surface area contributed by atoms with Gasteiger partial charge in [0.1, 0.15) is 6.54 Å². The summed E-state index contributed by atoms with van der Waals surface area (Å²) in [5.41, 5.74) is 1.63. The van der Waals surface area contributed by atoms with Crippen molar-refractivity contribution in [2.45, 2.75) is 32.5 Å². The molecule has 1 aliphatic heterocycles. The molecule has 1 saturated heterocycles. The van der Waals surface area contributed by atoms with E-state index in [9.17, 15) is 9.59 Å². The van der Waals surface area contributed by atoms with Gasteiger partial charge in [-0.1, -0.05) is 24.3 Å². The normalized spacial score (nSPS) is 19.9. The summed E-state index contributed by atoms with van der Waals surface area (Å²) in [6.45, 7) is 5.94. The van der Waals surface area contributed by atoms with E-state index in [0.29, 0.717) is 17.3 Å². The van der Waals surface area contributed by atoms with E-state index in [4.69, 9.17) is 0 Å². The maximum Gasteiger partial charge on any atom is 0.242 e. The van der Waals surface area contributed by atoms with Gasteiger partial charge in [0.05, 0.1) is 11.0 Å². The van der Waals surface area contributed by atoms with E-state index in [-0.39, 0.29) is 42.4 Å². The Morgan fingerprint density at radius 3 is 2.19 bits per heavy atom. The van der Waals surface area contributed by atoms with Crippen molar-refractivity contribution in [3.05, 3.63) is 58.8 Å². The molecule has 27 heavy (non-hydrogen) atoms. The van der Waals surface area contributed by atoms with Gasteiger partial charge in [-0.25, -0.2) is 0 Å². The predicted molar refractivity (Wildman–Crippen MR) is 112 cm³/mol. The summed E-state index contributed by atoms with van der Waals surface area (Å²) in [6, 6.07) is 15.5. The molecule has 2 atom stereocenters. The predicted octanol–water partition coefficient (Wildman–Crippen LogP) is 2.79. The van der Waals surface area contributed by atoms with Crippen LogP contribution in [-0.2, 0) is 11.3 Å². The van der Waals surface area contributed by atoms with Gasteiger partial charge < -0.3 is 14.8 Å². The molecular formula is C21H24ClN3O2. The third-order valence-electron chi connectivity index (χ3n) is 5.53. The first-order chi connectivity index (χ1) is 12.6. The van der Waals surface area contributed by atoms with Gasteiger partial charge in [0.25, 0.3) is 0 Å². The minimum absolute atomic E-state index is 0. The van der Waals surface area contributed by atoms with Crippen molar-refractivity contribution in [1.29, 1.82) is 0 Å². The molecule has 0 spiro atoms. The lowest BCUT2D eigenvalue weighted by atomic mass is 10.1. The summed E-state index contributed by atoms with van der Waals surface area (Å²) >= 11 is 0. The summed E-state index contributed by atoms with van der Waals surface area (Å²) in [7, 11) is 0. The number of rotatable bonds is 2. The maximum atomic E-state index is 13.1. The van der Waals surface area contributed by atoms with Crippen LogP contribution >= 0.6 is 12.4 Å². The molecule has 0 saturated carbocycles. The van der Waals surface area contributed by atoms with E-state index in [2.05, 4.69) is 19.2 Å². The van der Waals surface area contributed by atoms with Crippen LogP contribution in [0.1, 0.15) is 13.8 Å². The lowest BCUT2D eigenvalue weighted by Crippen LogP contribution is -2.57. The molecule has 4 rings (SSSR count). The molecule has 0 radical (unpaired) electrons. The Morgan fingerprint density at radius 1 is 1.04 bits per heavy atom. The Kier molecular flexibility index (Phi) is 5.53. The number of halogens is 1. The first-order valence-electron chi connectivity index (χ1n) is 9.11.